The maximum atomic E-state index is 6.34. The van der Waals surface area contributed by atoms with Crippen molar-refractivity contribution < 1.29 is 4.74 Å². The Morgan fingerprint density at radius 1 is 1.19 bits per heavy atom. The first-order chi connectivity index (χ1) is 12.7. The van der Waals surface area contributed by atoms with E-state index in [9.17, 15) is 0 Å². The molecule has 3 rings (SSSR count). The number of hydrogen-bond donors (Lipinski definition) is 1. The molecule has 0 aliphatic carbocycles. The van der Waals surface area contributed by atoms with Crippen LogP contribution in [0.15, 0.2) is 42.7 Å². The zero-order valence-corrected chi connectivity index (χ0v) is 17.0. The fourth-order valence-corrected chi connectivity index (χ4v) is 3.62. The number of halogens is 1. The molecule has 0 aliphatic rings. The van der Waals surface area contributed by atoms with Gasteiger partial charge in [0.25, 0.3) is 0 Å². The number of rotatable bonds is 6. The second-order valence-corrected chi connectivity index (χ2v) is 8.34. The number of nitrogens with two attached hydrogens (primary N) is 1. The van der Waals surface area contributed by atoms with Gasteiger partial charge in [-0.25, -0.2) is 4.98 Å². The smallest absolute Gasteiger partial charge is 0.216 e. The van der Waals surface area contributed by atoms with Crippen molar-refractivity contribution in [2.24, 2.45) is 11.7 Å². The summed E-state index contributed by atoms with van der Waals surface area (Å²) >= 11 is 6.09. The Morgan fingerprint density at radius 2 is 1.96 bits per heavy atom. The number of hydrogen-bond acceptors (Lipinski definition) is 4. The molecular weight excluding hydrogens is 358 g/mol. The molecule has 0 aliphatic heterocycles. The Labute approximate surface area is 165 Å². The highest BCUT2D eigenvalue weighted by molar-refractivity contribution is 6.31. The van der Waals surface area contributed by atoms with Crippen molar-refractivity contribution in [1.29, 1.82) is 0 Å². The van der Waals surface area contributed by atoms with Gasteiger partial charge in [0.2, 0.25) is 5.88 Å². The van der Waals surface area contributed by atoms with E-state index in [0.717, 1.165) is 34.0 Å². The Hall–Kier alpha value is -2.17. The van der Waals surface area contributed by atoms with E-state index in [4.69, 9.17) is 22.1 Å². The van der Waals surface area contributed by atoms with Gasteiger partial charge in [-0.15, -0.1) is 0 Å². The third kappa shape index (κ3) is 4.76. The summed E-state index contributed by atoms with van der Waals surface area (Å²) in [6.07, 6.45) is 4.53. The average molecular weight is 384 g/mol. The Balaban J connectivity index is 1.85. The molecule has 0 saturated heterocycles. The number of aryl methyl sites for hydroxylation is 1. The van der Waals surface area contributed by atoms with Gasteiger partial charge in [0.05, 0.1) is 5.52 Å². The fourth-order valence-electron chi connectivity index (χ4n) is 3.46. The van der Waals surface area contributed by atoms with Crippen LogP contribution in [-0.2, 0) is 0 Å². The zero-order valence-electron chi connectivity index (χ0n) is 16.3. The molecule has 27 heavy (non-hydrogen) atoms. The normalized spacial score (nSPS) is 13.7. The minimum Gasteiger partial charge on any atom is -0.476 e. The van der Waals surface area contributed by atoms with E-state index in [1.165, 1.54) is 0 Å². The largest absolute Gasteiger partial charge is 0.476 e. The summed E-state index contributed by atoms with van der Waals surface area (Å²) in [5.41, 5.74) is 9.90. The third-order valence-electron chi connectivity index (χ3n) is 4.46. The molecule has 0 bridgehead atoms. The number of pyridine rings is 2. The average Bonchev–Trinajstić information content (AvgIpc) is 2.58. The van der Waals surface area contributed by atoms with Crippen molar-refractivity contribution in [2.45, 2.75) is 39.7 Å². The van der Waals surface area contributed by atoms with Gasteiger partial charge in [-0.2, -0.15) is 0 Å². The molecule has 0 saturated carbocycles. The molecule has 2 aromatic heterocycles. The van der Waals surface area contributed by atoms with Crippen LogP contribution < -0.4 is 10.5 Å². The minimum absolute atomic E-state index is 0.373. The van der Waals surface area contributed by atoms with Gasteiger partial charge in [0.15, 0.2) is 0 Å². The predicted octanol–water partition coefficient (Wildman–Crippen LogP) is 5.40. The number of benzene rings is 1. The first kappa shape index (κ1) is 19.6. The number of fused-ring (bicyclic) bond motifs is 1. The number of nitrogens with zero attached hydrogens (tertiary/aromatic N) is 2. The summed E-state index contributed by atoms with van der Waals surface area (Å²) in [5, 5.41) is 1.72. The molecule has 4 nitrogen and oxygen atoms in total. The van der Waals surface area contributed by atoms with Crippen molar-refractivity contribution in [3.63, 3.8) is 0 Å². The Morgan fingerprint density at radius 3 is 2.67 bits per heavy atom. The first-order valence-electron chi connectivity index (χ1n) is 9.18. The van der Waals surface area contributed by atoms with E-state index in [1.54, 1.807) is 6.20 Å². The Kier molecular flexibility index (Phi) is 5.68. The van der Waals surface area contributed by atoms with Crippen molar-refractivity contribution in [3.05, 3.63) is 53.3 Å². The SMILES string of the molecule is Cc1cc(-c2ccnc3cc(Cl)ccc23)cnc1OCC(C)(N)CC(C)C. The van der Waals surface area contributed by atoms with Crippen molar-refractivity contribution in [2.75, 3.05) is 6.61 Å². The van der Waals surface area contributed by atoms with E-state index in [1.807, 2.05) is 44.3 Å². The molecule has 1 aromatic carbocycles. The summed E-state index contributed by atoms with van der Waals surface area (Å²) in [4.78, 5) is 8.94. The summed E-state index contributed by atoms with van der Waals surface area (Å²) in [7, 11) is 0. The highest BCUT2D eigenvalue weighted by Gasteiger charge is 2.21. The van der Waals surface area contributed by atoms with Crippen LogP contribution in [0.4, 0.5) is 0 Å². The maximum Gasteiger partial charge on any atom is 0.216 e. The summed E-state index contributed by atoms with van der Waals surface area (Å²) < 4.78 is 5.93. The topological polar surface area (TPSA) is 61.0 Å². The number of aromatic nitrogens is 2. The predicted molar refractivity (Wildman–Crippen MR) is 112 cm³/mol. The molecule has 5 heteroatoms. The third-order valence-corrected chi connectivity index (χ3v) is 4.69. The summed E-state index contributed by atoms with van der Waals surface area (Å²) in [6.45, 7) is 8.79. The maximum absolute atomic E-state index is 6.34. The molecule has 0 fully saturated rings. The van der Waals surface area contributed by atoms with E-state index in [-0.39, 0.29) is 5.54 Å². The van der Waals surface area contributed by atoms with Gasteiger partial charge in [0.1, 0.15) is 6.61 Å². The van der Waals surface area contributed by atoms with Gasteiger partial charge in [-0.3, -0.25) is 4.98 Å². The first-order valence-corrected chi connectivity index (χ1v) is 9.56. The second kappa shape index (κ2) is 7.83. The molecular formula is C22H26ClN3O. The molecule has 1 atom stereocenters. The van der Waals surface area contributed by atoms with Gasteiger partial charge < -0.3 is 10.5 Å². The highest BCUT2D eigenvalue weighted by atomic mass is 35.5. The van der Waals surface area contributed by atoms with Crippen LogP contribution >= 0.6 is 11.6 Å². The van der Waals surface area contributed by atoms with Gasteiger partial charge in [0, 0.05) is 39.5 Å². The minimum atomic E-state index is -0.373. The molecule has 0 spiro atoms. The molecule has 142 valence electrons. The molecule has 2 N–H and O–H groups in total. The van der Waals surface area contributed by atoms with Gasteiger partial charge in [-0.1, -0.05) is 31.5 Å². The van der Waals surface area contributed by atoms with Crippen molar-refractivity contribution >= 4 is 22.5 Å². The quantitative estimate of drug-likeness (QED) is 0.618. The van der Waals surface area contributed by atoms with Crippen LogP contribution in [0.25, 0.3) is 22.0 Å². The van der Waals surface area contributed by atoms with Crippen LogP contribution in [0.3, 0.4) is 0 Å². The van der Waals surface area contributed by atoms with Crippen molar-refractivity contribution in [3.8, 4) is 17.0 Å². The van der Waals surface area contributed by atoms with Crippen LogP contribution in [0.1, 0.15) is 32.8 Å². The standard InChI is InChI=1S/C22H26ClN3O/c1-14(2)11-22(4,24)13-27-21-15(3)9-16(12-26-21)18-7-8-25-20-10-17(23)5-6-19(18)20/h5-10,12,14H,11,13,24H2,1-4H3. The van der Waals surface area contributed by atoms with E-state index < -0.39 is 0 Å². The molecule has 0 amide bonds. The summed E-state index contributed by atoms with van der Waals surface area (Å²) in [5.74, 6) is 1.15. The van der Waals surface area contributed by atoms with Crippen LogP contribution in [0.2, 0.25) is 5.02 Å². The number of ether oxygens (including phenoxy) is 1. The van der Waals surface area contributed by atoms with Crippen molar-refractivity contribution in [1.82, 2.24) is 9.97 Å². The zero-order chi connectivity index (χ0) is 19.6. The van der Waals surface area contributed by atoms with E-state index in [0.29, 0.717) is 23.4 Å². The molecule has 2 heterocycles. The highest BCUT2D eigenvalue weighted by Crippen LogP contribution is 2.31. The Bertz CT molecular complexity index is 953. The lowest BCUT2D eigenvalue weighted by Crippen LogP contribution is -2.43. The fraction of sp³-hybridized carbons (Fsp3) is 0.364. The van der Waals surface area contributed by atoms with Crippen LogP contribution in [0.5, 0.6) is 5.88 Å². The lowest BCUT2D eigenvalue weighted by atomic mass is 9.93. The van der Waals surface area contributed by atoms with Gasteiger partial charge in [-0.05, 0) is 56.0 Å². The van der Waals surface area contributed by atoms with E-state index >= 15 is 0 Å². The lowest BCUT2D eigenvalue weighted by Gasteiger charge is -2.26. The monoisotopic (exact) mass is 383 g/mol. The van der Waals surface area contributed by atoms with E-state index in [2.05, 4.69) is 29.9 Å². The molecule has 3 aromatic rings. The second-order valence-electron chi connectivity index (χ2n) is 7.91. The van der Waals surface area contributed by atoms with Gasteiger partial charge >= 0.3 is 0 Å². The summed E-state index contributed by atoms with van der Waals surface area (Å²) in [6, 6.07) is 9.82. The van der Waals surface area contributed by atoms with Crippen LogP contribution in [-0.4, -0.2) is 22.1 Å². The molecule has 0 radical (unpaired) electrons. The molecule has 1 unspecified atom stereocenters. The van der Waals surface area contributed by atoms with Crippen LogP contribution in [0, 0.1) is 12.8 Å². The lowest BCUT2D eigenvalue weighted by molar-refractivity contribution is 0.199.